The fraction of sp³-hybridized carbons (Fsp3) is 0.273. The average molecular weight is 422 g/mol. The zero-order chi connectivity index (χ0) is 21.1. The first-order valence-corrected chi connectivity index (χ1v) is 10.7. The maximum atomic E-state index is 12.7. The number of aryl methyl sites for hydroxylation is 2. The van der Waals surface area contributed by atoms with Gasteiger partial charge >= 0.3 is 0 Å². The van der Waals surface area contributed by atoms with Crippen LogP contribution in [0.3, 0.4) is 0 Å². The zero-order valence-electron chi connectivity index (χ0n) is 17.2. The van der Waals surface area contributed by atoms with Crippen LogP contribution in [0, 0.1) is 13.8 Å². The van der Waals surface area contributed by atoms with Crippen LogP contribution in [0.5, 0.6) is 5.75 Å². The number of carbonyl (C=O) groups excluding carboxylic acids is 1. The lowest BCUT2D eigenvalue weighted by Crippen LogP contribution is -2.13. The number of ether oxygens (including phenoxy) is 1. The summed E-state index contributed by atoms with van der Waals surface area (Å²) < 4.78 is 7.44. The summed E-state index contributed by atoms with van der Waals surface area (Å²) in [7, 11) is 0. The van der Waals surface area contributed by atoms with Crippen molar-refractivity contribution in [2.75, 3.05) is 11.9 Å². The van der Waals surface area contributed by atoms with Gasteiger partial charge in [-0.2, -0.15) is 9.61 Å². The van der Waals surface area contributed by atoms with E-state index in [0.717, 1.165) is 45.4 Å². The molecular formula is C22H23N5O2S. The Kier molecular flexibility index (Phi) is 5.76. The van der Waals surface area contributed by atoms with Crippen LogP contribution < -0.4 is 10.1 Å². The van der Waals surface area contributed by atoms with E-state index in [-0.39, 0.29) is 5.91 Å². The molecule has 0 bridgehead atoms. The molecule has 0 aliphatic heterocycles. The van der Waals surface area contributed by atoms with Gasteiger partial charge in [0.1, 0.15) is 10.8 Å². The molecule has 0 spiro atoms. The van der Waals surface area contributed by atoms with Gasteiger partial charge in [-0.05, 0) is 62.2 Å². The summed E-state index contributed by atoms with van der Waals surface area (Å²) in [6.45, 7) is 6.61. The molecule has 8 heteroatoms. The monoisotopic (exact) mass is 421 g/mol. The van der Waals surface area contributed by atoms with E-state index in [1.165, 1.54) is 11.3 Å². The number of rotatable bonds is 7. The van der Waals surface area contributed by atoms with Gasteiger partial charge in [-0.3, -0.25) is 4.79 Å². The summed E-state index contributed by atoms with van der Waals surface area (Å²) in [5, 5.41) is 16.5. The van der Waals surface area contributed by atoms with E-state index in [2.05, 4.69) is 27.5 Å². The molecule has 30 heavy (non-hydrogen) atoms. The van der Waals surface area contributed by atoms with Crippen molar-refractivity contribution in [1.82, 2.24) is 19.8 Å². The van der Waals surface area contributed by atoms with Gasteiger partial charge in [0, 0.05) is 16.8 Å². The van der Waals surface area contributed by atoms with Gasteiger partial charge in [0.25, 0.3) is 5.91 Å². The maximum absolute atomic E-state index is 12.7. The van der Waals surface area contributed by atoms with E-state index in [4.69, 9.17) is 4.74 Å². The number of fused-ring (bicyclic) bond motifs is 1. The van der Waals surface area contributed by atoms with Crippen molar-refractivity contribution in [3.8, 4) is 16.3 Å². The third-order valence-corrected chi connectivity index (χ3v) is 5.68. The number of nitrogens with zero attached hydrogens (tertiary/aromatic N) is 4. The Morgan fingerprint density at radius 2 is 2.03 bits per heavy atom. The molecule has 4 aromatic rings. The van der Waals surface area contributed by atoms with Crippen molar-refractivity contribution >= 4 is 27.9 Å². The molecule has 0 unspecified atom stereocenters. The summed E-state index contributed by atoms with van der Waals surface area (Å²) in [6, 6.07) is 13.1. The highest BCUT2D eigenvalue weighted by Crippen LogP contribution is 2.29. The van der Waals surface area contributed by atoms with Crippen molar-refractivity contribution in [1.29, 1.82) is 0 Å². The molecule has 4 rings (SSSR count). The topological polar surface area (TPSA) is 81.4 Å². The number of nitrogens with one attached hydrogen (secondary N) is 1. The Labute approximate surface area is 178 Å². The number of benzene rings is 2. The van der Waals surface area contributed by atoms with E-state index in [0.29, 0.717) is 17.9 Å². The molecule has 7 nitrogen and oxygen atoms in total. The standard InChI is InChI=1S/C22H23N5O2S/c1-4-5-11-29-18-8-6-7-16(13-18)20(28)23-19-10-9-17(12-14(19)2)21-26-27-15(3)24-25-22(27)30-21/h6-10,12-13H,4-5,11H2,1-3H3,(H,23,28). The number of amides is 1. The number of hydrogen-bond acceptors (Lipinski definition) is 6. The highest BCUT2D eigenvalue weighted by Gasteiger charge is 2.13. The minimum absolute atomic E-state index is 0.166. The Balaban J connectivity index is 1.49. The lowest BCUT2D eigenvalue weighted by Gasteiger charge is -2.11. The van der Waals surface area contributed by atoms with Gasteiger partial charge in [0.2, 0.25) is 4.96 Å². The lowest BCUT2D eigenvalue weighted by atomic mass is 10.1. The van der Waals surface area contributed by atoms with E-state index < -0.39 is 0 Å². The smallest absolute Gasteiger partial charge is 0.255 e. The highest BCUT2D eigenvalue weighted by molar-refractivity contribution is 7.19. The largest absolute Gasteiger partial charge is 0.494 e. The van der Waals surface area contributed by atoms with Crippen LogP contribution in [0.4, 0.5) is 5.69 Å². The van der Waals surface area contributed by atoms with Crippen molar-refractivity contribution in [3.05, 3.63) is 59.4 Å². The first kappa shape index (κ1) is 20.0. The molecule has 2 aromatic carbocycles. The number of aromatic nitrogens is 4. The molecule has 0 aliphatic carbocycles. The normalized spacial score (nSPS) is 11.0. The van der Waals surface area contributed by atoms with E-state index in [1.807, 2.05) is 44.2 Å². The van der Waals surface area contributed by atoms with Crippen molar-refractivity contribution < 1.29 is 9.53 Å². The maximum Gasteiger partial charge on any atom is 0.255 e. The molecular weight excluding hydrogens is 398 g/mol. The summed E-state index contributed by atoms with van der Waals surface area (Å²) in [4.78, 5) is 13.5. The van der Waals surface area contributed by atoms with E-state index in [1.54, 1.807) is 16.6 Å². The molecule has 2 heterocycles. The van der Waals surface area contributed by atoms with Crippen LogP contribution in [-0.2, 0) is 0 Å². The minimum Gasteiger partial charge on any atom is -0.494 e. The van der Waals surface area contributed by atoms with Crippen LogP contribution in [-0.4, -0.2) is 32.3 Å². The van der Waals surface area contributed by atoms with Crippen LogP contribution in [0.2, 0.25) is 0 Å². The predicted molar refractivity (Wildman–Crippen MR) is 118 cm³/mol. The third-order valence-electron chi connectivity index (χ3n) is 4.73. The fourth-order valence-electron chi connectivity index (χ4n) is 3.02. The molecule has 0 aliphatic rings. The Hall–Kier alpha value is -3.26. The first-order valence-electron chi connectivity index (χ1n) is 9.89. The summed E-state index contributed by atoms with van der Waals surface area (Å²) in [5.74, 6) is 1.30. The average Bonchev–Trinajstić information content (AvgIpc) is 3.32. The highest BCUT2D eigenvalue weighted by atomic mass is 32.1. The second-order valence-corrected chi connectivity index (χ2v) is 8.02. The Morgan fingerprint density at radius 1 is 1.17 bits per heavy atom. The molecule has 2 aromatic heterocycles. The molecule has 0 atom stereocenters. The summed E-state index contributed by atoms with van der Waals surface area (Å²) >= 11 is 1.48. The van der Waals surface area contributed by atoms with Crippen LogP contribution in [0.1, 0.15) is 41.5 Å². The Bertz CT molecular complexity index is 1200. The minimum atomic E-state index is -0.166. The number of hydrogen-bond donors (Lipinski definition) is 1. The molecule has 154 valence electrons. The summed E-state index contributed by atoms with van der Waals surface area (Å²) in [6.07, 6.45) is 2.06. The van der Waals surface area contributed by atoms with Crippen LogP contribution in [0.25, 0.3) is 15.5 Å². The molecule has 0 saturated carbocycles. The van der Waals surface area contributed by atoms with E-state index >= 15 is 0 Å². The molecule has 0 fully saturated rings. The molecule has 1 amide bonds. The van der Waals surface area contributed by atoms with Gasteiger partial charge in [0.15, 0.2) is 5.82 Å². The number of anilines is 1. The molecule has 0 radical (unpaired) electrons. The van der Waals surface area contributed by atoms with Crippen LogP contribution >= 0.6 is 11.3 Å². The van der Waals surface area contributed by atoms with Gasteiger partial charge in [-0.1, -0.05) is 30.7 Å². The van der Waals surface area contributed by atoms with Crippen molar-refractivity contribution in [2.24, 2.45) is 0 Å². The van der Waals surface area contributed by atoms with Gasteiger partial charge in [-0.15, -0.1) is 10.2 Å². The van der Waals surface area contributed by atoms with Crippen molar-refractivity contribution in [3.63, 3.8) is 0 Å². The second kappa shape index (κ2) is 8.62. The second-order valence-electron chi connectivity index (χ2n) is 7.06. The number of carbonyl (C=O) groups is 1. The van der Waals surface area contributed by atoms with Gasteiger partial charge in [-0.25, -0.2) is 0 Å². The predicted octanol–water partition coefficient (Wildman–Crippen LogP) is 4.90. The summed E-state index contributed by atoms with van der Waals surface area (Å²) in [5.41, 5.74) is 3.27. The van der Waals surface area contributed by atoms with Gasteiger partial charge in [0.05, 0.1) is 6.61 Å². The van der Waals surface area contributed by atoms with Crippen molar-refractivity contribution in [2.45, 2.75) is 33.6 Å². The van der Waals surface area contributed by atoms with Crippen LogP contribution in [0.15, 0.2) is 42.5 Å². The van der Waals surface area contributed by atoms with E-state index in [9.17, 15) is 4.79 Å². The third kappa shape index (κ3) is 4.18. The lowest BCUT2D eigenvalue weighted by molar-refractivity contribution is 0.102. The SMILES string of the molecule is CCCCOc1cccc(C(=O)Nc2ccc(-c3nn4c(C)nnc4s3)cc2C)c1. The molecule has 1 N–H and O–H groups in total. The van der Waals surface area contributed by atoms with Gasteiger partial charge < -0.3 is 10.1 Å². The number of unbranched alkanes of at least 4 members (excludes halogenated alkanes) is 1. The first-order chi connectivity index (χ1) is 14.5. The fourth-order valence-corrected chi connectivity index (χ4v) is 3.91. The molecule has 0 saturated heterocycles. The Morgan fingerprint density at radius 3 is 2.80 bits per heavy atom. The quantitative estimate of drug-likeness (QED) is 0.429. The zero-order valence-corrected chi connectivity index (χ0v) is 18.0.